The number of rotatable bonds is 11. The van der Waals surface area contributed by atoms with Crippen LogP contribution >= 0.6 is 0 Å². The topological polar surface area (TPSA) is 44.5 Å². The van der Waals surface area contributed by atoms with E-state index >= 15 is 0 Å². The molecule has 0 saturated carbocycles. The van der Waals surface area contributed by atoms with Gasteiger partial charge in [0.1, 0.15) is 11.6 Å². The Bertz CT molecular complexity index is 2340. The van der Waals surface area contributed by atoms with Crippen molar-refractivity contribution in [2.45, 2.75) is 119 Å². The molecule has 304 valence electrons. The number of hydrogen-bond acceptors (Lipinski definition) is 4. The maximum Gasteiger partial charge on any atom is 2.00 e. The maximum atomic E-state index is 11.3. The van der Waals surface area contributed by atoms with E-state index in [0.717, 1.165) is 34.0 Å². The monoisotopic (exact) mass is 951 g/mol. The molecule has 0 bridgehead atoms. The Kier molecular flexibility index (Phi) is 12.8. The van der Waals surface area contributed by atoms with Crippen LogP contribution in [0.15, 0.2) is 97.2 Å². The van der Waals surface area contributed by atoms with Crippen molar-refractivity contribution in [2.24, 2.45) is 0 Å². The van der Waals surface area contributed by atoms with Crippen molar-refractivity contribution in [2.75, 3.05) is 9.80 Å². The fourth-order valence-electron chi connectivity index (χ4n) is 8.15. The van der Waals surface area contributed by atoms with E-state index in [1.807, 2.05) is 18.2 Å². The van der Waals surface area contributed by atoms with Gasteiger partial charge in [0.15, 0.2) is 0 Å². The fourth-order valence-corrected chi connectivity index (χ4v) is 8.15. The van der Waals surface area contributed by atoms with Crippen molar-refractivity contribution in [3.05, 3.63) is 143 Å². The van der Waals surface area contributed by atoms with Crippen molar-refractivity contribution in [1.29, 1.82) is 0 Å². The SMILES string of the molecule is CC(C)c1cc(C(C)C)c(N2[CH-]N(c3[c-]c(-c4cn(-c5c(C(C)C)cc(C(C)C)cc5C(C)C)c(-c5ccccc5O)n4)ccc3)c3ccccc32)c(C(C)C)c1.[Pt+2]. The Balaban J connectivity index is 0.00000567. The molecule has 5 nitrogen and oxygen atoms in total. The van der Waals surface area contributed by atoms with Crippen LogP contribution in [0.5, 0.6) is 5.75 Å². The molecule has 0 aliphatic carbocycles. The van der Waals surface area contributed by atoms with Gasteiger partial charge in [0.25, 0.3) is 0 Å². The number of phenolic OH excluding ortho intramolecular Hbond substituents is 1. The Labute approximate surface area is 362 Å². The number of aromatic nitrogens is 2. The van der Waals surface area contributed by atoms with Gasteiger partial charge in [-0.2, -0.15) is 0 Å². The first kappa shape index (κ1) is 43.0. The molecule has 0 spiro atoms. The number of aromatic hydroxyl groups is 1. The zero-order valence-electron chi connectivity index (χ0n) is 36.3. The Morgan fingerprint density at radius 3 is 1.53 bits per heavy atom. The summed E-state index contributed by atoms with van der Waals surface area (Å²) >= 11 is 0. The molecule has 0 atom stereocenters. The van der Waals surface area contributed by atoms with Crippen LogP contribution < -0.4 is 9.80 Å². The van der Waals surface area contributed by atoms with Gasteiger partial charge >= 0.3 is 21.1 Å². The van der Waals surface area contributed by atoms with Crippen molar-refractivity contribution in [1.82, 2.24) is 9.55 Å². The summed E-state index contributed by atoms with van der Waals surface area (Å²) in [5, 5.41) is 11.3. The summed E-state index contributed by atoms with van der Waals surface area (Å²) in [6.45, 7) is 29.6. The number of fused-ring (bicyclic) bond motifs is 1. The molecule has 7 rings (SSSR count). The summed E-state index contributed by atoms with van der Waals surface area (Å²) in [5.41, 5.74) is 16.0. The number of imidazole rings is 1. The zero-order chi connectivity index (χ0) is 40.9. The molecule has 2 heterocycles. The summed E-state index contributed by atoms with van der Waals surface area (Å²) in [5.74, 6) is 3.01. The minimum absolute atomic E-state index is 0. The third-order valence-corrected chi connectivity index (χ3v) is 11.5. The molecule has 58 heavy (non-hydrogen) atoms. The predicted molar refractivity (Wildman–Crippen MR) is 241 cm³/mol. The van der Waals surface area contributed by atoms with E-state index in [4.69, 9.17) is 4.98 Å². The van der Waals surface area contributed by atoms with Crippen LogP contribution in [-0.4, -0.2) is 14.7 Å². The van der Waals surface area contributed by atoms with E-state index in [0.29, 0.717) is 35.1 Å². The number of phenols is 1. The second kappa shape index (κ2) is 17.3. The van der Waals surface area contributed by atoms with Crippen LogP contribution in [0.25, 0.3) is 28.3 Å². The molecule has 0 unspecified atom stereocenters. The molecule has 5 aromatic carbocycles. The third-order valence-electron chi connectivity index (χ3n) is 11.5. The third kappa shape index (κ3) is 8.04. The Hall–Kier alpha value is -4.60. The van der Waals surface area contributed by atoms with Gasteiger partial charge in [-0.15, -0.1) is 36.5 Å². The van der Waals surface area contributed by atoms with Crippen molar-refractivity contribution in [3.8, 4) is 34.1 Å². The van der Waals surface area contributed by atoms with Gasteiger partial charge in [0, 0.05) is 22.8 Å². The number of benzene rings is 5. The molecule has 0 saturated heterocycles. The van der Waals surface area contributed by atoms with E-state index in [-0.39, 0.29) is 38.7 Å². The van der Waals surface area contributed by atoms with Gasteiger partial charge in [-0.3, -0.25) is 4.98 Å². The van der Waals surface area contributed by atoms with Crippen LogP contribution in [0.2, 0.25) is 0 Å². The Morgan fingerprint density at radius 2 is 1.03 bits per heavy atom. The van der Waals surface area contributed by atoms with Crippen LogP contribution in [0, 0.1) is 12.7 Å². The van der Waals surface area contributed by atoms with Crippen LogP contribution in [0.4, 0.5) is 22.7 Å². The largest absolute Gasteiger partial charge is 2.00 e. The number of para-hydroxylation sites is 3. The molecule has 0 radical (unpaired) electrons. The van der Waals surface area contributed by atoms with E-state index in [2.05, 4.69) is 183 Å². The average molecular weight is 952 g/mol. The first-order valence-electron chi connectivity index (χ1n) is 20.9. The predicted octanol–water partition coefficient (Wildman–Crippen LogP) is 14.9. The minimum atomic E-state index is 0. The van der Waals surface area contributed by atoms with E-state index < -0.39 is 0 Å². The van der Waals surface area contributed by atoms with Gasteiger partial charge in [-0.05, 0) is 99.4 Å². The minimum Gasteiger partial charge on any atom is -0.507 e. The van der Waals surface area contributed by atoms with Gasteiger partial charge in [-0.1, -0.05) is 137 Å². The molecule has 6 aromatic rings. The number of hydrogen-bond donors (Lipinski definition) is 1. The van der Waals surface area contributed by atoms with Crippen molar-refractivity contribution >= 4 is 22.7 Å². The number of nitrogens with zero attached hydrogens (tertiary/aromatic N) is 4. The van der Waals surface area contributed by atoms with E-state index in [1.165, 1.54) is 39.1 Å². The zero-order valence-corrected chi connectivity index (χ0v) is 38.6. The van der Waals surface area contributed by atoms with Crippen molar-refractivity contribution in [3.63, 3.8) is 0 Å². The van der Waals surface area contributed by atoms with Crippen LogP contribution in [0.3, 0.4) is 0 Å². The van der Waals surface area contributed by atoms with Gasteiger partial charge in [-0.25, -0.2) is 0 Å². The van der Waals surface area contributed by atoms with Gasteiger partial charge in [0.2, 0.25) is 0 Å². The molecular weight excluding hydrogens is 892 g/mol. The Morgan fingerprint density at radius 1 is 0.552 bits per heavy atom. The summed E-state index contributed by atoms with van der Waals surface area (Å²) in [7, 11) is 0. The second-order valence-electron chi connectivity index (χ2n) is 17.7. The van der Waals surface area contributed by atoms with Crippen LogP contribution in [0.1, 0.15) is 152 Å². The number of anilines is 4. The summed E-state index contributed by atoms with van der Waals surface area (Å²) < 4.78 is 2.22. The molecule has 1 aromatic heterocycles. The van der Waals surface area contributed by atoms with Crippen LogP contribution in [-0.2, 0) is 21.1 Å². The van der Waals surface area contributed by atoms with Gasteiger partial charge in [0.05, 0.1) is 11.3 Å². The summed E-state index contributed by atoms with van der Waals surface area (Å²) in [4.78, 5) is 10.0. The fraction of sp³-hybridized carbons (Fsp3) is 0.346. The van der Waals surface area contributed by atoms with Gasteiger partial charge < -0.3 is 19.5 Å². The molecule has 0 fully saturated rings. The van der Waals surface area contributed by atoms with Crippen molar-refractivity contribution < 1.29 is 26.2 Å². The molecule has 1 aliphatic heterocycles. The smallest absolute Gasteiger partial charge is 0.507 e. The average Bonchev–Trinajstić information content (AvgIpc) is 3.79. The normalized spacial score (nSPS) is 12.9. The standard InChI is InChI=1S/C52H60N4O.Pt/c1-31(2)38-25-42(33(5)6)50(43(26-38)34(7)8)54-29-46(53-52(54)41-20-13-16-23-49(41)57)37-18-17-19-40(24-37)55-30-56(48-22-15-14-21-47(48)55)51-44(35(9)10)27-39(32(3)4)28-45(51)36(11)12;/h13-23,25-36,57H,1-12H3;/q-2;+2. The first-order valence-corrected chi connectivity index (χ1v) is 20.9. The molecule has 1 aliphatic rings. The molecule has 6 heteroatoms. The molecule has 0 amide bonds. The molecular formula is C52H60N4OPt. The quantitative estimate of drug-likeness (QED) is 0.131. The van der Waals surface area contributed by atoms with E-state index in [1.54, 1.807) is 6.07 Å². The first-order chi connectivity index (χ1) is 27.2. The summed E-state index contributed by atoms with van der Waals surface area (Å²) in [6, 6.07) is 35.9. The maximum absolute atomic E-state index is 11.3. The summed E-state index contributed by atoms with van der Waals surface area (Å²) in [6.07, 6.45) is 2.15. The second-order valence-corrected chi connectivity index (χ2v) is 17.7. The van der Waals surface area contributed by atoms with E-state index in [9.17, 15) is 5.11 Å². The molecule has 1 N–H and O–H groups in total.